The van der Waals surface area contributed by atoms with Crippen LogP contribution in [0, 0.1) is 6.92 Å². The zero-order valence-corrected chi connectivity index (χ0v) is 9.41. The molecule has 0 aliphatic carbocycles. The lowest BCUT2D eigenvalue weighted by Gasteiger charge is -2.15. The summed E-state index contributed by atoms with van der Waals surface area (Å²) < 4.78 is 0. The van der Waals surface area contributed by atoms with E-state index >= 15 is 0 Å². The van der Waals surface area contributed by atoms with Gasteiger partial charge in [-0.25, -0.2) is 0 Å². The van der Waals surface area contributed by atoms with Crippen molar-refractivity contribution in [2.24, 2.45) is 10.9 Å². The molecule has 1 heterocycles. The minimum absolute atomic E-state index is 0.0127. The van der Waals surface area contributed by atoms with Crippen LogP contribution in [-0.2, 0) is 0 Å². The van der Waals surface area contributed by atoms with Crippen LogP contribution in [0.5, 0.6) is 0 Å². The summed E-state index contributed by atoms with van der Waals surface area (Å²) in [6.07, 6.45) is 0. The summed E-state index contributed by atoms with van der Waals surface area (Å²) in [6, 6.07) is 0. The lowest BCUT2D eigenvalue weighted by Crippen LogP contribution is -2.35. The summed E-state index contributed by atoms with van der Waals surface area (Å²) in [5.74, 6) is -0.112. The number of hydrogen-bond donors (Lipinski definition) is 2. The number of likely N-dealkylation sites (N-methyl/N-ethyl adjacent to an activating group) is 1. The first-order chi connectivity index (χ1) is 7.06. The Morgan fingerprint density at radius 2 is 2.33 bits per heavy atom. The van der Waals surface area contributed by atoms with Crippen molar-refractivity contribution in [3.8, 4) is 0 Å². The van der Waals surface area contributed by atoms with E-state index < -0.39 is 0 Å². The van der Waals surface area contributed by atoms with Gasteiger partial charge in [0.25, 0.3) is 5.91 Å². The van der Waals surface area contributed by atoms with Crippen molar-refractivity contribution in [3.05, 3.63) is 21.9 Å². The molecule has 0 saturated carbocycles. The van der Waals surface area contributed by atoms with Crippen molar-refractivity contribution in [2.45, 2.75) is 6.92 Å². The second-order valence-electron chi connectivity index (χ2n) is 3.22. The van der Waals surface area contributed by atoms with Crippen LogP contribution in [0.25, 0.3) is 0 Å². The predicted molar refractivity (Wildman–Crippen MR) is 59.4 cm³/mol. The van der Waals surface area contributed by atoms with Crippen LogP contribution in [0.1, 0.15) is 15.9 Å². The van der Waals surface area contributed by atoms with E-state index in [0.717, 1.165) is 5.56 Å². The van der Waals surface area contributed by atoms with Gasteiger partial charge in [0.1, 0.15) is 0 Å². The Labute approximate surface area is 91.8 Å². The summed E-state index contributed by atoms with van der Waals surface area (Å²) in [7, 11) is 1.61. The number of rotatable bonds is 3. The quantitative estimate of drug-likeness (QED) is 0.348. The maximum absolute atomic E-state index is 11.8. The minimum Gasteiger partial charge on any atom is -0.409 e. The average molecular weight is 227 g/mol. The Hall–Kier alpha value is -1.56. The van der Waals surface area contributed by atoms with Crippen LogP contribution < -0.4 is 5.73 Å². The first-order valence-electron chi connectivity index (χ1n) is 4.31. The van der Waals surface area contributed by atoms with E-state index in [4.69, 9.17) is 10.9 Å². The van der Waals surface area contributed by atoms with Gasteiger partial charge in [0, 0.05) is 12.4 Å². The zero-order valence-electron chi connectivity index (χ0n) is 8.60. The van der Waals surface area contributed by atoms with Crippen molar-refractivity contribution in [3.63, 3.8) is 0 Å². The number of carbonyl (C=O) groups is 1. The monoisotopic (exact) mass is 227 g/mol. The Kier molecular flexibility index (Phi) is 3.68. The second kappa shape index (κ2) is 4.79. The molecule has 1 aromatic heterocycles. The highest BCUT2D eigenvalue weighted by Crippen LogP contribution is 2.15. The van der Waals surface area contributed by atoms with Gasteiger partial charge >= 0.3 is 0 Å². The van der Waals surface area contributed by atoms with Gasteiger partial charge in [0.05, 0.1) is 12.1 Å². The van der Waals surface area contributed by atoms with Crippen LogP contribution in [-0.4, -0.2) is 35.4 Å². The summed E-state index contributed by atoms with van der Waals surface area (Å²) in [6.45, 7) is 1.99. The number of carbonyl (C=O) groups excluding carboxylic acids is 1. The van der Waals surface area contributed by atoms with Crippen LogP contribution >= 0.6 is 11.3 Å². The molecule has 0 saturated heterocycles. The maximum atomic E-state index is 11.8. The number of nitrogens with two attached hydrogens (primary N) is 1. The van der Waals surface area contributed by atoms with Crippen molar-refractivity contribution in [2.75, 3.05) is 13.6 Å². The van der Waals surface area contributed by atoms with Crippen LogP contribution in [0.15, 0.2) is 15.9 Å². The summed E-state index contributed by atoms with van der Waals surface area (Å²) in [5, 5.41) is 14.9. The Morgan fingerprint density at radius 1 is 1.67 bits per heavy atom. The van der Waals surface area contributed by atoms with Gasteiger partial charge in [-0.3, -0.25) is 4.79 Å². The fraction of sp³-hybridized carbons (Fsp3) is 0.333. The third-order valence-corrected chi connectivity index (χ3v) is 2.82. The topological polar surface area (TPSA) is 78.9 Å². The van der Waals surface area contributed by atoms with E-state index in [1.54, 1.807) is 12.4 Å². The number of oxime groups is 1. The molecule has 3 N–H and O–H groups in total. The molecule has 1 aromatic rings. The molecular weight excluding hydrogens is 214 g/mol. The molecule has 0 aliphatic heterocycles. The normalized spacial score (nSPS) is 11.5. The van der Waals surface area contributed by atoms with Crippen molar-refractivity contribution >= 4 is 23.1 Å². The maximum Gasteiger partial charge on any atom is 0.255 e. The zero-order chi connectivity index (χ0) is 11.4. The molecule has 1 amide bonds. The molecule has 0 fully saturated rings. The number of aryl methyl sites for hydroxylation is 1. The molecule has 0 unspecified atom stereocenters. The van der Waals surface area contributed by atoms with Gasteiger partial charge in [-0.1, -0.05) is 5.16 Å². The van der Waals surface area contributed by atoms with Crippen molar-refractivity contribution in [1.82, 2.24) is 4.90 Å². The highest BCUT2D eigenvalue weighted by molar-refractivity contribution is 7.08. The van der Waals surface area contributed by atoms with E-state index in [2.05, 4.69) is 5.16 Å². The lowest BCUT2D eigenvalue weighted by atomic mass is 10.2. The number of hydrogen-bond acceptors (Lipinski definition) is 4. The predicted octanol–water partition coefficient (Wildman–Crippen LogP) is 0.875. The standard InChI is InChI=1S/C9H13N3O2S/c1-6-4-15-5-7(6)9(13)12(2)3-8(10)11-14/h4-5,14H,3H2,1-2H3,(H2,10,11). The average Bonchev–Trinajstić information content (AvgIpc) is 2.63. The van der Waals surface area contributed by atoms with Crippen LogP contribution in [0.4, 0.5) is 0 Å². The summed E-state index contributed by atoms with van der Waals surface area (Å²) in [5.41, 5.74) is 6.91. The van der Waals surface area contributed by atoms with E-state index in [9.17, 15) is 4.79 Å². The number of thiophene rings is 1. The minimum atomic E-state index is -0.125. The van der Waals surface area contributed by atoms with E-state index in [1.165, 1.54) is 16.2 Å². The molecule has 0 radical (unpaired) electrons. The SMILES string of the molecule is Cc1cscc1C(=O)N(C)CC(N)=NO. The second-order valence-corrected chi connectivity index (χ2v) is 3.96. The Bertz CT molecular complexity index is 386. The molecule has 82 valence electrons. The third kappa shape index (κ3) is 2.69. The largest absolute Gasteiger partial charge is 0.409 e. The first-order valence-corrected chi connectivity index (χ1v) is 5.25. The molecular formula is C9H13N3O2S. The van der Waals surface area contributed by atoms with Gasteiger partial charge in [0.15, 0.2) is 5.84 Å². The van der Waals surface area contributed by atoms with Crippen LogP contribution in [0.3, 0.4) is 0 Å². The number of nitrogens with zero attached hydrogens (tertiary/aromatic N) is 2. The molecule has 0 aliphatic rings. The van der Waals surface area contributed by atoms with Crippen molar-refractivity contribution < 1.29 is 10.0 Å². The highest BCUT2D eigenvalue weighted by atomic mass is 32.1. The van der Waals surface area contributed by atoms with Gasteiger partial charge < -0.3 is 15.8 Å². The van der Waals surface area contributed by atoms with E-state index in [-0.39, 0.29) is 18.3 Å². The van der Waals surface area contributed by atoms with Crippen LogP contribution in [0.2, 0.25) is 0 Å². The fourth-order valence-corrected chi connectivity index (χ4v) is 1.95. The van der Waals surface area contributed by atoms with Gasteiger partial charge in [-0.15, -0.1) is 0 Å². The highest BCUT2D eigenvalue weighted by Gasteiger charge is 2.15. The van der Waals surface area contributed by atoms with Gasteiger partial charge in [-0.05, 0) is 17.9 Å². The number of amides is 1. The molecule has 1 rings (SSSR count). The summed E-state index contributed by atoms with van der Waals surface area (Å²) in [4.78, 5) is 13.2. The molecule has 15 heavy (non-hydrogen) atoms. The summed E-state index contributed by atoms with van der Waals surface area (Å²) >= 11 is 1.48. The molecule has 6 heteroatoms. The van der Waals surface area contributed by atoms with E-state index in [0.29, 0.717) is 5.56 Å². The molecule has 0 spiro atoms. The number of amidine groups is 1. The molecule has 0 aromatic carbocycles. The Morgan fingerprint density at radius 3 is 2.80 bits per heavy atom. The van der Waals surface area contributed by atoms with Crippen molar-refractivity contribution in [1.29, 1.82) is 0 Å². The van der Waals surface area contributed by atoms with Gasteiger partial charge in [0.2, 0.25) is 0 Å². The lowest BCUT2D eigenvalue weighted by molar-refractivity contribution is 0.0813. The Balaban J connectivity index is 2.74. The third-order valence-electron chi connectivity index (χ3n) is 1.96. The molecule has 5 nitrogen and oxygen atoms in total. The smallest absolute Gasteiger partial charge is 0.255 e. The first kappa shape index (κ1) is 11.5. The van der Waals surface area contributed by atoms with Gasteiger partial charge in [-0.2, -0.15) is 11.3 Å². The van der Waals surface area contributed by atoms with E-state index in [1.807, 2.05) is 12.3 Å². The molecule has 0 atom stereocenters. The molecule has 0 bridgehead atoms. The fourth-order valence-electron chi connectivity index (χ4n) is 1.13.